The SMILES string of the molecule is CC(C(=O)Nc1ccc(Cl)c(OC2CCN(C(=O)CN3CCC(N4CCN(c5ccc6c(c5)C(=O)N(C5CCC(=O)NC5=O)C6=O)CC4)CC3)CC2)c1)C1CCC(c2ccnc3ccc(F)cc23)CC1. The molecular weight excluding hydrogens is 915 g/mol. The molecule has 1 saturated carbocycles. The van der Waals surface area contributed by atoms with Crippen molar-refractivity contribution in [2.24, 2.45) is 11.8 Å². The highest BCUT2D eigenvalue weighted by Crippen LogP contribution is 2.41. The summed E-state index contributed by atoms with van der Waals surface area (Å²) in [6, 6.07) is 16.8. The normalized spacial score (nSPS) is 23.6. The Bertz CT molecular complexity index is 2690. The molecule has 0 bridgehead atoms. The third kappa shape index (κ3) is 10.00. The number of carbonyl (C=O) groups is 6. The van der Waals surface area contributed by atoms with E-state index in [0.717, 1.165) is 105 Å². The van der Waals surface area contributed by atoms with Crippen LogP contribution in [-0.4, -0.2) is 137 Å². The van der Waals surface area contributed by atoms with Gasteiger partial charge in [-0.2, -0.15) is 0 Å². The minimum absolute atomic E-state index is 0.0417. The van der Waals surface area contributed by atoms with E-state index in [0.29, 0.717) is 60.9 Å². The number of piperidine rings is 3. The molecule has 1 aliphatic carbocycles. The van der Waals surface area contributed by atoms with E-state index in [1.807, 2.05) is 24.0 Å². The zero-order chi connectivity index (χ0) is 48.6. The first-order valence-corrected chi connectivity index (χ1v) is 25.4. The number of nitrogens with one attached hydrogen (secondary N) is 2. The first-order valence-electron chi connectivity index (χ1n) is 25.0. The van der Waals surface area contributed by atoms with Crippen LogP contribution in [-0.2, 0) is 19.2 Å². The summed E-state index contributed by atoms with van der Waals surface area (Å²) in [5.41, 5.74) is 3.99. The first kappa shape index (κ1) is 47.7. The second kappa shape index (κ2) is 20.4. The van der Waals surface area contributed by atoms with Gasteiger partial charge in [0, 0.05) is 113 Å². The van der Waals surface area contributed by atoms with Crippen LogP contribution in [0.25, 0.3) is 10.9 Å². The average molecular weight is 976 g/mol. The number of piperazine rings is 1. The number of hydrogen-bond acceptors (Lipinski definition) is 11. The van der Waals surface area contributed by atoms with Gasteiger partial charge in [-0.05, 0) is 117 Å². The molecule has 3 aromatic carbocycles. The number of carbonyl (C=O) groups excluding carboxylic acids is 6. The molecule has 70 heavy (non-hydrogen) atoms. The van der Waals surface area contributed by atoms with Crippen LogP contribution in [0.3, 0.4) is 0 Å². The van der Waals surface area contributed by atoms with E-state index < -0.39 is 29.7 Å². The van der Waals surface area contributed by atoms with Crippen molar-refractivity contribution >= 4 is 69.3 Å². The largest absolute Gasteiger partial charge is 0.489 e. The van der Waals surface area contributed by atoms with Crippen molar-refractivity contribution in [1.29, 1.82) is 0 Å². The molecule has 6 aliphatic rings. The number of pyridine rings is 1. The van der Waals surface area contributed by atoms with Crippen LogP contribution in [0, 0.1) is 17.7 Å². The fourth-order valence-corrected chi connectivity index (χ4v) is 11.9. The number of halogens is 2. The number of fused-ring (bicyclic) bond motifs is 2. The molecule has 5 fully saturated rings. The molecule has 368 valence electrons. The molecule has 6 amide bonds. The summed E-state index contributed by atoms with van der Waals surface area (Å²) in [7, 11) is 0. The Morgan fingerprint density at radius 3 is 2.30 bits per heavy atom. The highest BCUT2D eigenvalue weighted by Gasteiger charge is 2.45. The first-order chi connectivity index (χ1) is 33.9. The maximum absolute atomic E-state index is 14.1. The topological polar surface area (TPSA) is 165 Å². The van der Waals surface area contributed by atoms with E-state index in [4.69, 9.17) is 16.3 Å². The number of likely N-dealkylation sites (tertiary alicyclic amines) is 2. The predicted octanol–water partition coefficient (Wildman–Crippen LogP) is 6.63. The van der Waals surface area contributed by atoms with E-state index in [9.17, 15) is 33.2 Å². The second-order valence-corrected chi connectivity index (χ2v) is 20.4. The van der Waals surface area contributed by atoms with Gasteiger partial charge < -0.3 is 19.9 Å². The number of aromatic nitrogens is 1. The second-order valence-electron chi connectivity index (χ2n) is 20.0. The fourth-order valence-electron chi connectivity index (χ4n) is 11.7. The summed E-state index contributed by atoms with van der Waals surface area (Å²) in [4.78, 5) is 92.1. The van der Waals surface area contributed by atoms with E-state index in [1.165, 1.54) is 6.07 Å². The highest BCUT2D eigenvalue weighted by atomic mass is 35.5. The van der Waals surface area contributed by atoms with Gasteiger partial charge in [0.25, 0.3) is 11.8 Å². The number of amides is 6. The number of nitrogens with zero attached hydrogens (tertiary/aromatic N) is 6. The quantitative estimate of drug-likeness (QED) is 0.155. The molecular formula is C53H60ClFN8O7. The summed E-state index contributed by atoms with van der Waals surface area (Å²) < 4.78 is 20.5. The Morgan fingerprint density at radius 2 is 1.56 bits per heavy atom. The van der Waals surface area contributed by atoms with Crippen molar-refractivity contribution in [2.75, 3.05) is 69.1 Å². The minimum atomic E-state index is -0.989. The van der Waals surface area contributed by atoms with Gasteiger partial charge in [-0.15, -0.1) is 0 Å². The lowest BCUT2D eigenvalue weighted by molar-refractivity contribution is -0.136. The van der Waals surface area contributed by atoms with Gasteiger partial charge in [0.05, 0.1) is 28.2 Å². The lowest BCUT2D eigenvalue weighted by Gasteiger charge is -2.43. The zero-order valence-corrected chi connectivity index (χ0v) is 40.3. The minimum Gasteiger partial charge on any atom is -0.489 e. The van der Waals surface area contributed by atoms with Crippen molar-refractivity contribution in [1.82, 2.24) is 29.9 Å². The Kier molecular flexibility index (Phi) is 13.9. The molecule has 5 aliphatic heterocycles. The number of ether oxygens (including phenoxy) is 1. The summed E-state index contributed by atoms with van der Waals surface area (Å²) in [5.74, 6) is -1.34. The van der Waals surface area contributed by atoms with Gasteiger partial charge >= 0.3 is 0 Å². The van der Waals surface area contributed by atoms with E-state index >= 15 is 0 Å². The average Bonchev–Trinajstić information content (AvgIpc) is 3.62. The Morgan fingerprint density at radius 1 is 0.814 bits per heavy atom. The van der Waals surface area contributed by atoms with E-state index in [1.54, 1.807) is 48.7 Å². The van der Waals surface area contributed by atoms with Crippen molar-refractivity contribution in [3.8, 4) is 5.75 Å². The third-order valence-electron chi connectivity index (χ3n) is 15.9. The van der Waals surface area contributed by atoms with Gasteiger partial charge in [0.2, 0.25) is 23.6 Å². The molecule has 15 nitrogen and oxygen atoms in total. The van der Waals surface area contributed by atoms with E-state index in [-0.39, 0.29) is 59.5 Å². The molecule has 2 unspecified atom stereocenters. The fraction of sp³-hybridized carbons (Fsp3) is 0.491. The van der Waals surface area contributed by atoms with Crippen molar-refractivity contribution in [3.63, 3.8) is 0 Å². The standard InChI is InChI=1S/C53H60ClFN8O7/c1-32(33-2-4-34(5-3-33)40-14-19-56-45-11-6-35(55)28-42(40)45)50(66)57-36-7-10-44(54)47(29-36)70-39-17-22-62(23-18-39)49(65)31-59-20-15-37(16-21-59)60-24-26-61(27-25-60)38-8-9-41-43(30-38)53(69)63(52(41)68)46-12-13-48(64)58-51(46)67/h6-11,14,19,28-30,32-34,37,39,46H,2-5,12-13,15-18,20-27,31H2,1H3,(H,57,66)(H,58,64,67). The molecule has 0 spiro atoms. The summed E-state index contributed by atoms with van der Waals surface area (Å²) in [6.45, 7) is 8.52. The Hall–Kier alpha value is -5.97. The molecule has 10 rings (SSSR count). The molecule has 4 aromatic rings. The smallest absolute Gasteiger partial charge is 0.262 e. The summed E-state index contributed by atoms with van der Waals surface area (Å²) >= 11 is 6.61. The maximum atomic E-state index is 14.1. The van der Waals surface area contributed by atoms with Crippen LogP contribution in [0.15, 0.2) is 66.9 Å². The molecule has 4 saturated heterocycles. The number of anilines is 2. The maximum Gasteiger partial charge on any atom is 0.262 e. The van der Waals surface area contributed by atoms with Gasteiger partial charge in [-0.1, -0.05) is 18.5 Å². The number of imide groups is 2. The van der Waals surface area contributed by atoms with Crippen LogP contribution in [0.2, 0.25) is 5.02 Å². The number of hydrogen-bond donors (Lipinski definition) is 2. The zero-order valence-electron chi connectivity index (χ0n) is 39.5. The lowest BCUT2D eigenvalue weighted by Crippen LogP contribution is -2.54. The summed E-state index contributed by atoms with van der Waals surface area (Å²) in [5, 5.41) is 6.68. The van der Waals surface area contributed by atoms with Gasteiger partial charge in [-0.25, -0.2) is 4.39 Å². The monoisotopic (exact) mass is 974 g/mol. The molecule has 2 N–H and O–H groups in total. The highest BCUT2D eigenvalue weighted by molar-refractivity contribution is 6.32. The Balaban J connectivity index is 0.635. The van der Waals surface area contributed by atoms with Crippen molar-refractivity contribution < 1.29 is 37.9 Å². The van der Waals surface area contributed by atoms with Crippen LogP contribution in [0.1, 0.15) is 103 Å². The lowest BCUT2D eigenvalue weighted by atomic mass is 9.73. The number of benzene rings is 3. The van der Waals surface area contributed by atoms with Crippen molar-refractivity contribution in [2.45, 2.75) is 95.2 Å². The molecule has 1 aromatic heterocycles. The van der Waals surface area contributed by atoms with Gasteiger partial charge in [-0.3, -0.25) is 53.8 Å². The summed E-state index contributed by atoms with van der Waals surface area (Å²) in [6.07, 6.45) is 8.86. The molecule has 0 radical (unpaired) electrons. The van der Waals surface area contributed by atoms with Crippen LogP contribution in [0.4, 0.5) is 15.8 Å². The Labute approximate surface area is 412 Å². The molecule has 17 heteroatoms. The third-order valence-corrected chi connectivity index (χ3v) is 16.2. The van der Waals surface area contributed by atoms with Crippen LogP contribution >= 0.6 is 11.6 Å². The molecule has 2 atom stereocenters. The van der Waals surface area contributed by atoms with Crippen LogP contribution in [0.5, 0.6) is 5.75 Å². The van der Waals surface area contributed by atoms with Crippen LogP contribution < -0.4 is 20.3 Å². The van der Waals surface area contributed by atoms with Crippen molar-refractivity contribution in [3.05, 3.63) is 94.4 Å². The van der Waals surface area contributed by atoms with Gasteiger partial charge in [0.15, 0.2) is 0 Å². The van der Waals surface area contributed by atoms with Gasteiger partial charge in [0.1, 0.15) is 23.7 Å². The predicted molar refractivity (Wildman–Crippen MR) is 262 cm³/mol. The number of rotatable bonds is 11. The molecule has 6 heterocycles. The van der Waals surface area contributed by atoms with E-state index in [2.05, 4.69) is 30.3 Å².